The van der Waals surface area contributed by atoms with Gasteiger partial charge in [-0.1, -0.05) is 80.1 Å². The molecule has 29 heavy (non-hydrogen) atoms. The van der Waals surface area contributed by atoms with E-state index < -0.39 is 34.4 Å². The van der Waals surface area contributed by atoms with Crippen LogP contribution < -0.4 is 0 Å². The summed E-state index contributed by atoms with van der Waals surface area (Å²) in [6.45, 7) is 5.51. The van der Waals surface area contributed by atoms with Crippen molar-refractivity contribution in [2.75, 3.05) is 0 Å². The number of hydrogen-bond donors (Lipinski definition) is 0. The molecule has 0 heterocycles. The minimum Gasteiger partial charge on any atom is -0.461 e. The van der Waals surface area contributed by atoms with Crippen molar-refractivity contribution in [1.29, 1.82) is 0 Å². The van der Waals surface area contributed by atoms with Crippen LogP contribution in [0.1, 0.15) is 25.0 Å². The van der Waals surface area contributed by atoms with Crippen LogP contribution in [-0.4, -0.2) is 12.1 Å². The number of ether oxygens (including phenoxy) is 1. The second-order valence-corrected chi connectivity index (χ2v) is 8.31. The first-order chi connectivity index (χ1) is 13.5. The largest absolute Gasteiger partial charge is 0.461 e. The third kappa shape index (κ3) is 4.50. The SMILES string of the molecule is Cc1c(COC(=O)[C@@H]2[C@@H](/C=C(/Cl)C(F)(F)F)C2(C)C)cccc1-c1ccccc1. The van der Waals surface area contributed by atoms with Gasteiger partial charge in [0.1, 0.15) is 11.6 Å². The number of esters is 1. The molecule has 0 aliphatic heterocycles. The lowest BCUT2D eigenvalue weighted by Gasteiger charge is -2.12. The van der Waals surface area contributed by atoms with Crippen LogP contribution in [0.4, 0.5) is 13.2 Å². The Hall–Kier alpha value is -2.27. The van der Waals surface area contributed by atoms with Crippen LogP contribution in [0.5, 0.6) is 0 Å². The number of rotatable bonds is 5. The van der Waals surface area contributed by atoms with Gasteiger partial charge in [0.2, 0.25) is 0 Å². The fraction of sp³-hybridized carbons (Fsp3) is 0.348. The molecule has 1 fully saturated rings. The van der Waals surface area contributed by atoms with Crippen LogP contribution >= 0.6 is 11.6 Å². The van der Waals surface area contributed by atoms with Gasteiger partial charge in [-0.2, -0.15) is 13.2 Å². The van der Waals surface area contributed by atoms with E-state index in [0.29, 0.717) is 0 Å². The molecule has 2 aromatic rings. The molecule has 1 saturated carbocycles. The fourth-order valence-corrected chi connectivity index (χ4v) is 3.84. The van der Waals surface area contributed by atoms with E-state index in [-0.39, 0.29) is 6.61 Å². The average Bonchev–Trinajstić information content (AvgIpc) is 3.20. The summed E-state index contributed by atoms with van der Waals surface area (Å²) in [4.78, 5) is 12.5. The minimum atomic E-state index is -4.61. The maximum absolute atomic E-state index is 12.7. The number of carbonyl (C=O) groups excluding carboxylic acids is 1. The number of benzene rings is 2. The van der Waals surface area contributed by atoms with Crippen molar-refractivity contribution in [2.45, 2.75) is 33.6 Å². The summed E-state index contributed by atoms with van der Waals surface area (Å²) in [7, 11) is 0. The van der Waals surface area contributed by atoms with Crippen molar-refractivity contribution in [1.82, 2.24) is 0 Å². The van der Waals surface area contributed by atoms with Crippen LogP contribution in [0.2, 0.25) is 0 Å². The molecule has 0 bridgehead atoms. The second kappa shape index (κ2) is 7.86. The lowest BCUT2D eigenvalue weighted by atomic mass is 9.97. The van der Waals surface area contributed by atoms with Crippen molar-refractivity contribution in [2.24, 2.45) is 17.3 Å². The molecule has 6 heteroatoms. The molecule has 2 aromatic carbocycles. The zero-order valence-electron chi connectivity index (χ0n) is 16.4. The van der Waals surface area contributed by atoms with Crippen molar-refractivity contribution in [3.8, 4) is 11.1 Å². The molecule has 1 aliphatic rings. The molecular weight excluding hydrogens is 401 g/mol. The Morgan fingerprint density at radius 3 is 2.41 bits per heavy atom. The zero-order chi connectivity index (χ0) is 21.4. The lowest BCUT2D eigenvalue weighted by Crippen LogP contribution is -2.11. The number of carbonyl (C=O) groups is 1. The van der Waals surface area contributed by atoms with E-state index in [1.165, 1.54) is 0 Å². The maximum Gasteiger partial charge on any atom is 0.426 e. The first-order valence-corrected chi connectivity index (χ1v) is 9.66. The molecule has 2 nitrogen and oxygen atoms in total. The highest BCUT2D eigenvalue weighted by molar-refractivity contribution is 6.30. The monoisotopic (exact) mass is 422 g/mol. The molecule has 0 aromatic heterocycles. The smallest absolute Gasteiger partial charge is 0.426 e. The molecule has 0 radical (unpaired) electrons. The summed E-state index contributed by atoms with van der Waals surface area (Å²) >= 11 is 5.34. The first-order valence-electron chi connectivity index (χ1n) is 9.28. The Labute approximate surface area is 173 Å². The van der Waals surface area contributed by atoms with Crippen LogP contribution in [0.3, 0.4) is 0 Å². The molecule has 0 amide bonds. The van der Waals surface area contributed by atoms with Crippen molar-refractivity contribution >= 4 is 17.6 Å². The Kier molecular flexibility index (Phi) is 5.81. The fourth-order valence-electron chi connectivity index (χ4n) is 3.70. The van der Waals surface area contributed by atoms with Gasteiger partial charge in [-0.05, 0) is 40.5 Å². The van der Waals surface area contributed by atoms with Gasteiger partial charge in [-0.15, -0.1) is 0 Å². The predicted octanol–water partition coefficient (Wildman–Crippen LogP) is 6.66. The molecule has 1 aliphatic carbocycles. The van der Waals surface area contributed by atoms with Gasteiger partial charge in [0.15, 0.2) is 0 Å². The Bertz CT molecular complexity index is 933. The Morgan fingerprint density at radius 2 is 1.79 bits per heavy atom. The van der Waals surface area contributed by atoms with E-state index in [4.69, 9.17) is 16.3 Å². The Morgan fingerprint density at radius 1 is 1.14 bits per heavy atom. The van der Waals surface area contributed by atoms with E-state index in [1.807, 2.05) is 55.5 Å². The molecule has 2 atom stereocenters. The summed E-state index contributed by atoms with van der Waals surface area (Å²) in [5.41, 5.74) is 3.34. The third-order valence-electron chi connectivity index (χ3n) is 5.66. The van der Waals surface area contributed by atoms with Crippen molar-refractivity contribution in [3.05, 3.63) is 70.8 Å². The predicted molar refractivity (Wildman–Crippen MR) is 107 cm³/mol. The second-order valence-electron chi connectivity index (χ2n) is 7.90. The molecule has 154 valence electrons. The highest BCUT2D eigenvalue weighted by Gasteiger charge is 2.62. The van der Waals surface area contributed by atoms with Gasteiger partial charge in [0.05, 0.1) is 5.92 Å². The van der Waals surface area contributed by atoms with Crippen LogP contribution in [0.25, 0.3) is 11.1 Å². The molecule has 0 N–H and O–H groups in total. The van der Waals surface area contributed by atoms with E-state index in [2.05, 4.69) is 0 Å². The van der Waals surface area contributed by atoms with E-state index in [1.54, 1.807) is 13.8 Å². The maximum atomic E-state index is 12.7. The van der Waals surface area contributed by atoms with Gasteiger partial charge >= 0.3 is 12.1 Å². The van der Waals surface area contributed by atoms with E-state index >= 15 is 0 Å². The standard InChI is InChI=1S/C23H22ClF3O2/c1-14-16(10-7-11-17(14)15-8-5-4-6-9-15)13-29-21(28)20-18(22(20,2)3)12-19(24)23(25,26)27/h4-12,18,20H,13H2,1-3H3/b19-12+/t18-,20+/m1/s1. The van der Waals surface area contributed by atoms with Crippen LogP contribution in [0, 0.1) is 24.2 Å². The Balaban J connectivity index is 1.70. The number of halogens is 4. The summed E-state index contributed by atoms with van der Waals surface area (Å²) < 4.78 is 43.5. The number of allylic oxidation sites excluding steroid dienone is 2. The third-order valence-corrected chi connectivity index (χ3v) is 6.00. The van der Waals surface area contributed by atoms with Gasteiger partial charge in [0, 0.05) is 0 Å². The molecule has 3 rings (SSSR count). The van der Waals surface area contributed by atoms with Gasteiger partial charge in [0.25, 0.3) is 0 Å². The quantitative estimate of drug-likeness (QED) is 0.503. The van der Waals surface area contributed by atoms with E-state index in [9.17, 15) is 18.0 Å². The molecule has 0 saturated heterocycles. The van der Waals surface area contributed by atoms with Crippen LogP contribution in [-0.2, 0) is 16.1 Å². The van der Waals surface area contributed by atoms with Crippen molar-refractivity contribution in [3.63, 3.8) is 0 Å². The van der Waals surface area contributed by atoms with E-state index in [0.717, 1.165) is 28.3 Å². The highest BCUT2D eigenvalue weighted by atomic mass is 35.5. The molecule has 0 unspecified atom stereocenters. The normalized spacial score (nSPS) is 21.0. The highest BCUT2D eigenvalue weighted by Crippen LogP contribution is 2.60. The first kappa shape index (κ1) is 21.4. The van der Waals surface area contributed by atoms with Crippen molar-refractivity contribution < 1.29 is 22.7 Å². The average molecular weight is 423 g/mol. The van der Waals surface area contributed by atoms with Gasteiger partial charge < -0.3 is 4.74 Å². The summed E-state index contributed by atoms with van der Waals surface area (Å²) in [6.07, 6.45) is -3.68. The summed E-state index contributed by atoms with van der Waals surface area (Å²) in [5.74, 6) is -1.75. The minimum absolute atomic E-state index is 0.0708. The topological polar surface area (TPSA) is 26.3 Å². The number of alkyl halides is 3. The van der Waals surface area contributed by atoms with Gasteiger partial charge in [-0.25, -0.2) is 0 Å². The lowest BCUT2D eigenvalue weighted by molar-refractivity contribution is -0.147. The zero-order valence-corrected chi connectivity index (χ0v) is 17.1. The molecule has 0 spiro atoms. The van der Waals surface area contributed by atoms with Gasteiger partial charge in [-0.3, -0.25) is 4.79 Å². The number of hydrogen-bond acceptors (Lipinski definition) is 2. The molecular formula is C23H22ClF3O2. The van der Waals surface area contributed by atoms with Crippen LogP contribution in [0.15, 0.2) is 59.6 Å². The summed E-state index contributed by atoms with van der Waals surface area (Å²) in [6, 6.07) is 15.6. The summed E-state index contributed by atoms with van der Waals surface area (Å²) in [5, 5.41) is -1.20.